The summed E-state index contributed by atoms with van der Waals surface area (Å²) in [4.78, 5) is 0. The molecule has 0 saturated carbocycles. The lowest BCUT2D eigenvalue weighted by Crippen LogP contribution is -2.05. The third kappa shape index (κ3) is 3.59. The molecule has 0 aliphatic rings. The van der Waals surface area contributed by atoms with Crippen LogP contribution in [0.15, 0.2) is 12.2 Å². The molecule has 0 amide bonds. The lowest BCUT2D eigenvalue weighted by atomic mass is 10.2. The van der Waals surface area contributed by atoms with E-state index in [1.165, 1.54) is 5.57 Å². The Morgan fingerprint density at radius 2 is 2.12 bits per heavy atom. The Labute approximate surface area is 51.3 Å². The summed E-state index contributed by atoms with van der Waals surface area (Å²) in [6.45, 7) is 10.5. The number of rotatable bonds is 3. The predicted molar refractivity (Wildman–Crippen MR) is 37.6 cm³/mol. The monoisotopic (exact) mass is 112 g/mol. The highest BCUT2D eigenvalue weighted by Gasteiger charge is 1.93. The molecule has 0 radical (unpaired) electrons. The number of nitrogens with zero attached hydrogens (tertiary/aromatic N) is 1. The van der Waals surface area contributed by atoms with E-state index in [1.807, 2.05) is 11.6 Å². The smallest absolute Gasteiger partial charge is 0.163 e. The van der Waals surface area contributed by atoms with E-state index in [0.29, 0.717) is 0 Å². The quantitative estimate of drug-likeness (QED) is 0.294. The van der Waals surface area contributed by atoms with Crippen LogP contribution in [-0.2, 0) is 0 Å². The number of likely N-dealkylation sites (N-methyl/N-ethyl adjacent to an activating group) is 1. The molecule has 0 aromatic rings. The summed E-state index contributed by atoms with van der Waals surface area (Å²) in [6, 6.07) is 0. The van der Waals surface area contributed by atoms with Gasteiger partial charge < -0.3 is 0 Å². The molecule has 0 bridgehead atoms. The molecule has 0 spiro atoms. The molecule has 0 rings (SSSR count). The SMILES string of the molecule is C=C(CC)C[N+](=C)C. The fourth-order valence-electron chi connectivity index (χ4n) is 0.494. The lowest BCUT2D eigenvalue weighted by Gasteiger charge is -1.94. The van der Waals surface area contributed by atoms with Crippen molar-refractivity contribution in [3.05, 3.63) is 12.2 Å². The average Bonchev–Trinajstić information content (AvgIpc) is 1.65. The zero-order valence-electron chi connectivity index (χ0n) is 5.78. The number of hydrogen-bond donors (Lipinski definition) is 0. The fourth-order valence-corrected chi connectivity index (χ4v) is 0.494. The molecule has 0 aliphatic heterocycles. The van der Waals surface area contributed by atoms with Crippen molar-refractivity contribution >= 4 is 6.72 Å². The molecule has 0 saturated heterocycles. The van der Waals surface area contributed by atoms with Crippen molar-refractivity contribution < 1.29 is 4.58 Å². The van der Waals surface area contributed by atoms with Gasteiger partial charge in [-0.3, -0.25) is 0 Å². The molecule has 46 valence electrons. The molecule has 0 atom stereocenters. The first-order chi connectivity index (χ1) is 3.66. The third-order valence-electron chi connectivity index (χ3n) is 0.994. The van der Waals surface area contributed by atoms with Gasteiger partial charge in [0.2, 0.25) is 0 Å². The van der Waals surface area contributed by atoms with Crippen LogP contribution in [0.5, 0.6) is 0 Å². The Morgan fingerprint density at radius 3 is 2.25 bits per heavy atom. The molecule has 0 aliphatic carbocycles. The maximum Gasteiger partial charge on any atom is 0.163 e. The second kappa shape index (κ2) is 3.42. The van der Waals surface area contributed by atoms with E-state index in [4.69, 9.17) is 0 Å². The Hall–Kier alpha value is -0.590. The van der Waals surface area contributed by atoms with Crippen LogP contribution >= 0.6 is 0 Å². The summed E-state index contributed by atoms with van der Waals surface area (Å²) >= 11 is 0. The van der Waals surface area contributed by atoms with Crippen LogP contribution in [0.3, 0.4) is 0 Å². The normalized spacial score (nSPS) is 8.75. The van der Waals surface area contributed by atoms with Gasteiger partial charge >= 0.3 is 0 Å². The van der Waals surface area contributed by atoms with Crippen LogP contribution in [0, 0.1) is 0 Å². The van der Waals surface area contributed by atoms with Crippen LogP contribution in [0.1, 0.15) is 13.3 Å². The maximum absolute atomic E-state index is 3.83. The van der Waals surface area contributed by atoms with Crippen LogP contribution in [0.25, 0.3) is 0 Å². The molecule has 0 unspecified atom stereocenters. The Morgan fingerprint density at radius 1 is 1.62 bits per heavy atom. The second-order valence-corrected chi connectivity index (χ2v) is 2.12. The van der Waals surface area contributed by atoms with Gasteiger partial charge in [0.05, 0.1) is 0 Å². The van der Waals surface area contributed by atoms with Crippen molar-refractivity contribution in [3.63, 3.8) is 0 Å². The first-order valence-corrected chi connectivity index (χ1v) is 2.85. The molecule has 8 heavy (non-hydrogen) atoms. The van der Waals surface area contributed by atoms with Gasteiger partial charge in [-0.25, -0.2) is 4.58 Å². The van der Waals surface area contributed by atoms with E-state index >= 15 is 0 Å². The topological polar surface area (TPSA) is 3.01 Å². The highest BCUT2D eigenvalue weighted by molar-refractivity contribution is 5.14. The van der Waals surface area contributed by atoms with E-state index in [9.17, 15) is 0 Å². The van der Waals surface area contributed by atoms with Gasteiger partial charge in [0.25, 0.3) is 0 Å². The Balaban J connectivity index is 3.40. The minimum Gasteiger partial charge on any atom is -0.241 e. The van der Waals surface area contributed by atoms with Gasteiger partial charge in [-0.1, -0.05) is 13.5 Å². The number of hydrogen-bond acceptors (Lipinski definition) is 0. The maximum atomic E-state index is 3.83. The summed E-state index contributed by atoms with van der Waals surface area (Å²) in [5, 5.41) is 0. The Kier molecular flexibility index (Phi) is 3.16. The molecule has 0 N–H and O–H groups in total. The van der Waals surface area contributed by atoms with Gasteiger partial charge in [-0.2, -0.15) is 0 Å². The summed E-state index contributed by atoms with van der Waals surface area (Å²) in [7, 11) is 1.95. The molecular weight excluding hydrogens is 98.1 g/mol. The second-order valence-electron chi connectivity index (χ2n) is 2.12. The standard InChI is InChI=1S/C7H14N/c1-5-7(2)6-8(3)4/h2-3,5-6H2,1,4H3/q+1. The highest BCUT2D eigenvalue weighted by Crippen LogP contribution is 1.93. The summed E-state index contributed by atoms with van der Waals surface area (Å²) < 4.78 is 1.88. The van der Waals surface area contributed by atoms with Gasteiger partial charge in [0.15, 0.2) is 6.54 Å². The molecule has 0 fully saturated rings. The van der Waals surface area contributed by atoms with E-state index in [1.54, 1.807) is 0 Å². The van der Waals surface area contributed by atoms with E-state index in [2.05, 4.69) is 20.2 Å². The molecule has 0 aromatic heterocycles. The molecular formula is C7H14N+. The van der Waals surface area contributed by atoms with Gasteiger partial charge in [-0.05, 0) is 12.0 Å². The van der Waals surface area contributed by atoms with Crippen molar-refractivity contribution in [2.75, 3.05) is 13.6 Å². The van der Waals surface area contributed by atoms with Crippen LogP contribution < -0.4 is 0 Å². The third-order valence-corrected chi connectivity index (χ3v) is 0.994. The predicted octanol–water partition coefficient (Wildman–Crippen LogP) is 1.30. The van der Waals surface area contributed by atoms with Crippen LogP contribution in [0.4, 0.5) is 0 Å². The minimum absolute atomic E-state index is 0.913. The summed E-state index contributed by atoms with van der Waals surface area (Å²) in [6.07, 6.45) is 1.06. The zero-order chi connectivity index (χ0) is 6.57. The molecule has 0 heterocycles. The minimum atomic E-state index is 0.913. The van der Waals surface area contributed by atoms with Crippen LogP contribution in [0.2, 0.25) is 0 Å². The van der Waals surface area contributed by atoms with Crippen molar-refractivity contribution in [3.8, 4) is 0 Å². The van der Waals surface area contributed by atoms with Gasteiger partial charge in [0.1, 0.15) is 13.8 Å². The summed E-state index contributed by atoms with van der Waals surface area (Å²) in [5.74, 6) is 0. The van der Waals surface area contributed by atoms with Gasteiger partial charge in [-0.15, -0.1) is 0 Å². The van der Waals surface area contributed by atoms with Crippen molar-refractivity contribution in [2.45, 2.75) is 13.3 Å². The first-order valence-electron chi connectivity index (χ1n) is 2.85. The van der Waals surface area contributed by atoms with Crippen molar-refractivity contribution in [1.82, 2.24) is 0 Å². The van der Waals surface area contributed by atoms with Gasteiger partial charge in [0, 0.05) is 0 Å². The highest BCUT2D eigenvalue weighted by atomic mass is 14.9. The molecule has 1 heteroatoms. The van der Waals surface area contributed by atoms with Crippen molar-refractivity contribution in [2.24, 2.45) is 0 Å². The average molecular weight is 112 g/mol. The molecule has 1 nitrogen and oxygen atoms in total. The van der Waals surface area contributed by atoms with E-state index in [-0.39, 0.29) is 0 Å². The lowest BCUT2D eigenvalue weighted by molar-refractivity contribution is -0.479. The fraction of sp³-hybridized carbons (Fsp3) is 0.571. The zero-order valence-corrected chi connectivity index (χ0v) is 5.78. The van der Waals surface area contributed by atoms with E-state index in [0.717, 1.165) is 13.0 Å². The van der Waals surface area contributed by atoms with Crippen LogP contribution in [-0.4, -0.2) is 24.9 Å². The summed E-state index contributed by atoms with van der Waals surface area (Å²) in [5.41, 5.74) is 1.24. The first kappa shape index (κ1) is 7.41. The molecule has 0 aromatic carbocycles. The van der Waals surface area contributed by atoms with Crippen molar-refractivity contribution in [1.29, 1.82) is 0 Å². The Bertz CT molecular complexity index is 103. The largest absolute Gasteiger partial charge is 0.241 e. The van der Waals surface area contributed by atoms with E-state index < -0.39 is 0 Å².